The summed E-state index contributed by atoms with van der Waals surface area (Å²) in [6.45, 7) is 0. The highest BCUT2D eigenvalue weighted by Crippen LogP contribution is 2.45. The topological polar surface area (TPSA) is 9.34 Å². The lowest BCUT2D eigenvalue weighted by Gasteiger charge is -2.13. The van der Waals surface area contributed by atoms with Crippen LogP contribution in [0.25, 0.3) is 85.6 Å². The van der Waals surface area contributed by atoms with Crippen molar-refractivity contribution in [3.63, 3.8) is 0 Å². The summed E-state index contributed by atoms with van der Waals surface area (Å²) in [5.41, 5.74) is 6.17. The number of rotatable bonds is 1. The largest absolute Gasteiger partial charge is 0.315 e. The Morgan fingerprint density at radius 1 is 0.439 bits per heavy atom. The molecule has 0 saturated heterocycles. The quantitative estimate of drug-likeness (QED) is 0.184. The summed E-state index contributed by atoms with van der Waals surface area (Å²) in [6.07, 6.45) is 2.32. The Balaban J connectivity index is 1.53. The van der Waals surface area contributed by atoms with Gasteiger partial charge in [-0.25, -0.2) is 0 Å². The van der Waals surface area contributed by atoms with Crippen LogP contribution in [0, 0.1) is 0 Å². The van der Waals surface area contributed by atoms with Crippen LogP contribution >= 0.6 is 11.3 Å². The van der Waals surface area contributed by atoms with E-state index in [0.29, 0.717) is 0 Å². The summed E-state index contributed by atoms with van der Waals surface area (Å²) in [5.74, 6) is 0. The molecule has 0 amide bonds. The van der Waals surface area contributed by atoms with Crippen LogP contribution in [-0.4, -0.2) is 8.97 Å². The minimum absolute atomic E-state index is 1.18. The van der Waals surface area contributed by atoms with E-state index < -0.39 is 0 Å². The molecule has 0 aliphatic heterocycles. The number of hydrogen-bond donors (Lipinski definition) is 0. The van der Waals surface area contributed by atoms with E-state index in [-0.39, 0.29) is 0 Å². The molecular weight excluding hydrogens is 516 g/mol. The minimum Gasteiger partial charge on any atom is -0.315 e. The molecule has 0 unspecified atom stereocenters. The molecule has 0 aliphatic carbocycles. The Bertz CT molecular complexity index is 2690. The number of hydrogen-bond acceptors (Lipinski definition) is 1. The molecule has 2 nitrogen and oxygen atoms in total. The van der Waals surface area contributed by atoms with Crippen LogP contribution in [0.5, 0.6) is 0 Å². The molecule has 6 aromatic carbocycles. The molecule has 0 bridgehead atoms. The zero-order chi connectivity index (χ0) is 26.7. The maximum atomic E-state index is 2.47. The molecule has 0 fully saturated rings. The van der Waals surface area contributed by atoms with Crippen LogP contribution < -0.4 is 0 Å². The van der Waals surface area contributed by atoms with Crippen molar-refractivity contribution in [3.8, 4) is 5.69 Å². The molecule has 0 radical (unpaired) electrons. The van der Waals surface area contributed by atoms with E-state index in [1.54, 1.807) is 0 Å². The van der Waals surface area contributed by atoms with Crippen molar-refractivity contribution in [2.24, 2.45) is 0 Å². The third-order valence-corrected chi connectivity index (χ3v) is 9.99. The fraction of sp³-hybridized carbons (Fsp3) is 0. The molecule has 3 heteroatoms. The van der Waals surface area contributed by atoms with Crippen molar-refractivity contribution < 1.29 is 0 Å². The third kappa shape index (κ3) is 2.76. The zero-order valence-electron chi connectivity index (χ0n) is 22.0. The minimum atomic E-state index is 1.18. The first kappa shape index (κ1) is 21.7. The maximum Gasteiger partial charge on any atom is 0.0614 e. The Labute approximate surface area is 238 Å². The van der Waals surface area contributed by atoms with Gasteiger partial charge in [-0.05, 0) is 53.9 Å². The molecule has 190 valence electrons. The summed E-state index contributed by atoms with van der Waals surface area (Å²) in [5, 5.41) is 11.8. The zero-order valence-corrected chi connectivity index (χ0v) is 22.8. The molecule has 0 aliphatic rings. The summed E-state index contributed by atoms with van der Waals surface area (Å²) < 4.78 is 7.54. The van der Waals surface area contributed by atoms with E-state index in [4.69, 9.17) is 0 Å². The van der Waals surface area contributed by atoms with Gasteiger partial charge in [-0.2, -0.15) is 0 Å². The average molecular weight is 539 g/mol. The summed E-state index contributed by atoms with van der Waals surface area (Å²) in [6, 6.07) is 46.8. The van der Waals surface area contributed by atoms with E-state index in [2.05, 4.69) is 143 Å². The van der Waals surface area contributed by atoms with Gasteiger partial charge in [0.2, 0.25) is 0 Å². The fourth-order valence-corrected chi connectivity index (χ4v) is 8.30. The molecule has 4 heterocycles. The monoisotopic (exact) mass is 538 g/mol. The van der Waals surface area contributed by atoms with Gasteiger partial charge in [0.15, 0.2) is 0 Å². The van der Waals surface area contributed by atoms with Gasteiger partial charge in [0.25, 0.3) is 0 Å². The van der Waals surface area contributed by atoms with Crippen LogP contribution in [0.3, 0.4) is 0 Å². The van der Waals surface area contributed by atoms with Crippen LogP contribution in [0.15, 0.2) is 134 Å². The van der Waals surface area contributed by atoms with Gasteiger partial charge < -0.3 is 8.97 Å². The lowest BCUT2D eigenvalue weighted by molar-refractivity contribution is 1.18. The summed E-state index contributed by atoms with van der Waals surface area (Å²) in [7, 11) is 0. The first-order valence-corrected chi connectivity index (χ1v) is 14.8. The first-order valence-electron chi connectivity index (χ1n) is 14.0. The van der Waals surface area contributed by atoms with E-state index in [9.17, 15) is 0 Å². The van der Waals surface area contributed by atoms with E-state index in [1.807, 2.05) is 11.3 Å². The smallest absolute Gasteiger partial charge is 0.0614 e. The lowest BCUT2D eigenvalue weighted by Crippen LogP contribution is -1.94. The van der Waals surface area contributed by atoms with E-state index in [1.165, 1.54) is 85.6 Å². The Morgan fingerprint density at radius 3 is 2.05 bits per heavy atom. The van der Waals surface area contributed by atoms with Crippen molar-refractivity contribution >= 4 is 91.3 Å². The number of para-hydroxylation sites is 2. The Hall–Kier alpha value is -5.12. The van der Waals surface area contributed by atoms with E-state index >= 15 is 0 Å². The van der Waals surface area contributed by atoms with Crippen LogP contribution in [-0.2, 0) is 0 Å². The number of aromatic nitrogens is 2. The summed E-state index contributed by atoms with van der Waals surface area (Å²) in [4.78, 5) is 0. The third-order valence-electron chi connectivity index (χ3n) is 8.86. The van der Waals surface area contributed by atoms with Gasteiger partial charge in [-0.1, -0.05) is 78.9 Å². The van der Waals surface area contributed by atoms with Crippen LogP contribution in [0.1, 0.15) is 0 Å². The second-order valence-corrected chi connectivity index (χ2v) is 12.1. The second kappa shape index (κ2) is 7.75. The van der Waals surface area contributed by atoms with Gasteiger partial charge in [-0.15, -0.1) is 11.3 Å². The molecular formula is C38H22N2S. The first-order chi connectivity index (χ1) is 20.3. The van der Waals surface area contributed by atoms with Crippen molar-refractivity contribution in [3.05, 3.63) is 134 Å². The number of benzene rings is 6. The molecule has 0 spiro atoms. The average Bonchev–Trinajstić information content (AvgIpc) is 3.70. The fourth-order valence-electron chi connectivity index (χ4n) is 7.18. The van der Waals surface area contributed by atoms with E-state index in [0.717, 1.165) is 0 Å². The highest BCUT2D eigenvalue weighted by atomic mass is 32.1. The Morgan fingerprint density at radius 2 is 1.15 bits per heavy atom. The van der Waals surface area contributed by atoms with Crippen LogP contribution in [0.4, 0.5) is 0 Å². The highest BCUT2D eigenvalue weighted by molar-refractivity contribution is 7.25. The highest BCUT2D eigenvalue weighted by Gasteiger charge is 2.20. The van der Waals surface area contributed by atoms with Gasteiger partial charge in [0.05, 0.1) is 22.1 Å². The van der Waals surface area contributed by atoms with Crippen molar-refractivity contribution in [1.82, 2.24) is 8.97 Å². The maximum absolute atomic E-state index is 2.47. The molecule has 0 N–H and O–H groups in total. The molecule has 10 aromatic rings. The van der Waals surface area contributed by atoms with Gasteiger partial charge in [0.1, 0.15) is 0 Å². The predicted octanol–water partition coefficient (Wildman–Crippen LogP) is 10.9. The van der Waals surface area contributed by atoms with Crippen molar-refractivity contribution in [2.45, 2.75) is 0 Å². The predicted molar refractivity (Wildman–Crippen MR) is 177 cm³/mol. The number of nitrogens with zero attached hydrogens (tertiary/aromatic N) is 2. The molecule has 41 heavy (non-hydrogen) atoms. The van der Waals surface area contributed by atoms with Crippen molar-refractivity contribution in [2.75, 3.05) is 0 Å². The molecule has 0 atom stereocenters. The summed E-state index contributed by atoms with van der Waals surface area (Å²) >= 11 is 1.89. The molecule has 10 rings (SSSR count). The number of fused-ring (bicyclic) bond motifs is 15. The van der Waals surface area contributed by atoms with Gasteiger partial charge in [0, 0.05) is 64.4 Å². The molecule has 0 saturated carbocycles. The SMILES string of the molecule is c1ccc(-n2c3ccccc3c3c4c5cc6c(cc5c5c7ccccc7cn5c4ccc32)sc2ccccc26)cc1. The number of thiophene rings is 1. The lowest BCUT2D eigenvalue weighted by atomic mass is 9.97. The number of pyridine rings is 1. The van der Waals surface area contributed by atoms with Crippen LogP contribution in [0.2, 0.25) is 0 Å². The molecule has 4 aromatic heterocycles. The second-order valence-electron chi connectivity index (χ2n) is 11.0. The normalized spacial score (nSPS) is 12.4. The Kier molecular flexibility index (Phi) is 4.10. The van der Waals surface area contributed by atoms with Gasteiger partial charge >= 0.3 is 0 Å². The standard InChI is InChI=1S/C38H22N2S/c1-2-11-24(12-3-1)40-31-16-8-6-15-27(31)36-33(40)19-18-32-37(36)29-20-28-26-14-7-9-17-34(26)41-35(28)21-30(29)38-25-13-5-4-10-23(25)22-39(32)38/h1-22H. The van der Waals surface area contributed by atoms with Gasteiger partial charge in [-0.3, -0.25) is 0 Å². The van der Waals surface area contributed by atoms with Crippen molar-refractivity contribution in [1.29, 1.82) is 0 Å².